The van der Waals surface area contributed by atoms with Gasteiger partial charge in [0, 0.05) is 24.0 Å². The van der Waals surface area contributed by atoms with Gasteiger partial charge in [-0.05, 0) is 44.2 Å². The lowest BCUT2D eigenvalue weighted by Gasteiger charge is -2.35. The van der Waals surface area contributed by atoms with E-state index in [0.29, 0.717) is 23.2 Å². The van der Waals surface area contributed by atoms with Crippen molar-refractivity contribution in [1.82, 2.24) is 4.31 Å². The van der Waals surface area contributed by atoms with Crippen LogP contribution in [0.5, 0.6) is 0 Å². The predicted octanol–water partition coefficient (Wildman–Crippen LogP) is 2.32. The van der Waals surface area contributed by atoms with E-state index in [9.17, 15) is 8.42 Å². The molecular formula is C13H22N2O2S2. The fourth-order valence-electron chi connectivity index (χ4n) is 2.52. The van der Waals surface area contributed by atoms with Crippen molar-refractivity contribution in [3.8, 4) is 0 Å². The summed E-state index contributed by atoms with van der Waals surface area (Å²) >= 11 is 1.31. The van der Waals surface area contributed by atoms with Gasteiger partial charge < -0.3 is 5.73 Å². The molecule has 0 bridgehead atoms. The van der Waals surface area contributed by atoms with Crippen LogP contribution in [0.1, 0.15) is 37.1 Å². The molecule has 0 saturated carbocycles. The molecule has 6 heteroatoms. The largest absolute Gasteiger partial charge is 0.326 e. The molecule has 108 valence electrons. The molecule has 0 aliphatic carbocycles. The third-order valence-electron chi connectivity index (χ3n) is 3.81. The number of nitrogens with two attached hydrogens (primary N) is 1. The van der Waals surface area contributed by atoms with Crippen molar-refractivity contribution < 1.29 is 8.42 Å². The summed E-state index contributed by atoms with van der Waals surface area (Å²) in [5, 5.41) is 0. The van der Waals surface area contributed by atoms with E-state index in [2.05, 4.69) is 6.92 Å². The number of sulfonamides is 1. The quantitative estimate of drug-likeness (QED) is 0.932. The zero-order valence-corrected chi connectivity index (χ0v) is 13.4. The monoisotopic (exact) mass is 302 g/mol. The standard InChI is InChI=1S/C13H22N2O2S2/c1-9-4-5-11(3)15(8-9)19(16,17)13-6-10(2)12(7-14)18-13/h6,9,11H,4-5,7-8,14H2,1-3H3. The summed E-state index contributed by atoms with van der Waals surface area (Å²) in [7, 11) is -3.36. The highest BCUT2D eigenvalue weighted by molar-refractivity contribution is 7.91. The predicted molar refractivity (Wildman–Crippen MR) is 78.7 cm³/mol. The average molecular weight is 302 g/mol. The maximum Gasteiger partial charge on any atom is 0.252 e. The Morgan fingerprint density at radius 2 is 2.11 bits per heavy atom. The Morgan fingerprint density at radius 3 is 2.68 bits per heavy atom. The maximum atomic E-state index is 12.7. The van der Waals surface area contributed by atoms with Crippen LogP contribution in [0.4, 0.5) is 0 Å². The van der Waals surface area contributed by atoms with Crippen LogP contribution in [-0.2, 0) is 16.6 Å². The molecule has 0 aromatic carbocycles. The molecule has 19 heavy (non-hydrogen) atoms. The molecule has 2 N–H and O–H groups in total. The summed E-state index contributed by atoms with van der Waals surface area (Å²) in [5.41, 5.74) is 6.61. The number of piperidine rings is 1. The molecule has 1 aromatic rings. The second kappa shape index (κ2) is 5.52. The fourth-order valence-corrected chi connectivity index (χ4v) is 5.90. The van der Waals surface area contributed by atoms with E-state index in [-0.39, 0.29) is 6.04 Å². The molecule has 0 spiro atoms. The minimum atomic E-state index is -3.36. The molecular weight excluding hydrogens is 280 g/mol. The van der Waals surface area contributed by atoms with Gasteiger partial charge in [-0.2, -0.15) is 4.31 Å². The van der Waals surface area contributed by atoms with Crippen LogP contribution < -0.4 is 5.73 Å². The summed E-state index contributed by atoms with van der Waals surface area (Å²) in [5.74, 6) is 0.431. The van der Waals surface area contributed by atoms with Gasteiger partial charge in [-0.1, -0.05) is 6.92 Å². The Hall–Kier alpha value is -0.430. The first kappa shape index (κ1) is 15.0. The summed E-state index contributed by atoms with van der Waals surface area (Å²) in [4.78, 5) is 0.955. The molecule has 4 nitrogen and oxygen atoms in total. The third-order valence-corrected chi connectivity index (χ3v) is 7.50. The lowest BCUT2D eigenvalue weighted by atomic mass is 9.97. The Kier molecular flexibility index (Phi) is 4.35. The highest BCUT2D eigenvalue weighted by Crippen LogP contribution is 2.32. The molecule has 2 atom stereocenters. The molecule has 1 aromatic heterocycles. The molecule has 0 amide bonds. The van der Waals surface area contributed by atoms with E-state index in [0.717, 1.165) is 23.3 Å². The highest BCUT2D eigenvalue weighted by Gasteiger charge is 2.34. The minimum Gasteiger partial charge on any atom is -0.326 e. The third kappa shape index (κ3) is 2.86. The lowest BCUT2D eigenvalue weighted by Crippen LogP contribution is -2.44. The van der Waals surface area contributed by atoms with Crippen molar-refractivity contribution >= 4 is 21.4 Å². The number of rotatable bonds is 3. The van der Waals surface area contributed by atoms with Crippen LogP contribution in [0.2, 0.25) is 0 Å². The molecule has 2 heterocycles. The van der Waals surface area contributed by atoms with Crippen LogP contribution in [-0.4, -0.2) is 25.3 Å². The van der Waals surface area contributed by atoms with Gasteiger partial charge in [0.15, 0.2) is 0 Å². The van der Waals surface area contributed by atoms with E-state index < -0.39 is 10.0 Å². The molecule has 2 rings (SSSR count). The number of nitrogens with zero attached hydrogens (tertiary/aromatic N) is 1. The minimum absolute atomic E-state index is 0.0879. The Morgan fingerprint density at radius 1 is 1.42 bits per heavy atom. The van der Waals surface area contributed by atoms with Crippen molar-refractivity contribution in [3.05, 3.63) is 16.5 Å². The van der Waals surface area contributed by atoms with Crippen LogP contribution in [0.15, 0.2) is 10.3 Å². The zero-order valence-electron chi connectivity index (χ0n) is 11.7. The number of aryl methyl sites for hydroxylation is 1. The first-order valence-electron chi connectivity index (χ1n) is 6.67. The highest BCUT2D eigenvalue weighted by atomic mass is 32.2. The number of thiophene rings is 1. The van der Waals surface area contributed by atoms with Crippen LogP contribution in [0.25, 0.3) is 0 Å². The topological polar surface area (TPSA) is 63.4 Å². The summed E-state index contributed by atoms with van der Waals surface area (Å²) in [6, 6.07) is 1.85. The second-order valence-corrected chi connectivity index (χ2v) is 8.74. The van der Waals surface area contributed by atoms with Crippen molar-refractivity contribution in [1.29, 1.82) is 0 Å². The molecule has 2 unspecified atom stereocenters. The average Bonchev–Trinajstić information content (AvgIpc) is 2.74. The van der Waals surface area contributed by atoms with Crippen LogP contribution >= 0.6 is 11.3 Å². The molecule has 1 saturated heterocycles. The second-order valence-electron chi connectivity index (χ2n) is 5.48. The van der Waals surface area contributed by atoms with Gasteiger partial charge in [-0.3, -0.25) is 0 Å². The fraction of sp³-hybridized carbons (Fsp3) is 0.692. The van der Waals surface area contributed by atoms with E-state index in [1.54, 1.807) is 10.4 Å². The van der Waals surface area contributed by atoms with Crippen molar-refractivity contribution in [3.63, 3.8) is 0 Å². The van der Waals surface area contributed by atoms with Gasteiger partial charge >= 0.3 is 0 Å². The summed E-state index contributed by atoms with van der Waals surface area (Å²) in [6.07, 6.45) is 2.04. The number of hydrogen-bond acceptors (Lipinski definition) is 4. The van der Waals surface area contributed by atoms with Crippen LogP contribution in [0.3, 0.4) is 0 Å². The molecule has 0 radical (unpaired) electrons. The normalized spacial score (nSPS) is 25.7. The lowest BCUT2D eigenvalue weighted by molar-refractivity contribution is 0.218. The van der Waals surface area contributed by atoms with Gasteiger partial charge in [0.1, 0.15) is 4.21 Å². The van der Waals surface area contributed by atoms with Gasteiger partial charge in [-0.25, -0.2) is 8.42 Å². The Balaban J connectivity index is 2.35. The van der Waals surface area contributed by atoms with Crippen molar-refractivity contribution in [2.45, 2.75) is 50.4 Å². The number of hydrogen-bond donors (Lipinski definition) is 1. The molecule has 1 fully saturated rings. The Bertz CT molecular complexity index is 551. The first-order chi connectivity index (χ1) is 8.86. The SMILES string of the molecule is Cc1cc(S(=O)(=O)N2CC(C)CCC2C)sc1CN. The van der Waals surface area contributed by atoms with Gasteiger partial charge in [0.25, 0.3) is 10.0 Å². The molecule has 1 aliphatic heterocycles. The van der Waals surface area contributed by atoms with E-state index in [1.807, 2.05) is 13.8 Å². The van der Waals surface area contributed by atoms with E-state index in [4.69, 9.17) is 5.73 Å². The summed E-state index contributed by atoms with van der Waals surface area (Å²) < 4.78 is 27.5. The maximum absolute atomic E-state index is 12.7. The Labute approximate surface area is 119 Å². The van der Waals surface area contributed by atoms with Gasteiger partial charge in [0.2, 0.25) is 0 Å². The zero-order chi connectivity index (χ0) is 14.2. The summed E-state index contributed by atoms with van der Waals surface area (Å²) in [6.45, 7) is 7.05. The first-order valence-corrected chi connectivity index (χ1v) is 8.93. The molecule has 1 aliphatic rings. The van der Waals surface area contributed by atoms with Crippen molar-refractivity contribution in [2.75, 3.05) is 6.54 Å². The van der Waals surface area contributed by atoms with Crippen LogP contribution in [0, 0.1) is 12.8 Å². The van der Waals surface area contributed by atoms with E-state index in [1.165, 1.54) is 11.3 Å². The van der Waals surface area contributed by atoms with Gasteiger partial charge in [-0.15, -0.1) is 11.3 Å². The van der Waals surface area contributed by atoms with E-state index >= 15 is 0 Å². The smallest absolute Gasteiger partial charge is 0.252 e. The van der Waals surface area contributed by atoms with Crippen molar-refractivity contribution in [2.24, 2.45) is 11.7 Å². The van der Waals surface area contributed by atoms with Gasteiger partial charge in [0.05, 0.1) is 0 Å².